The molecule has 1 aliphatic heterocycles. The summed E-state index contributed by atoms with van der Waals surface area (Å²) in [4.78, 5) is 28.8. The van der Waals surface area contributed by atoms with Crippen LogP contribution in [-0.4, -0.2) is 22.7 Å². The zero-order valence-corrected chi connectivity index (χ0v) is 16.2. The van der Waals surface area contributed by atoms with Crippen molar-refractivity contribution in [3.05, 3.63) is 35.0 Å². The van der Waals surface area contributed by atoms with Gasteiger partial charge in [-0.3, -0.25) is 0 Å². The lowest BCUT2D eigenvalue weighted by Gasteiger charge is -2.29. The number of benzene rings is 1. The van der Waals surface area contributed by atoms with Crippen LogP contribution in [0.3, 0.4) is 0 Å². The second-order valence-corrected chi connectivity index (χ2v) is 8.51. The number of fused-ring (bicyclic) bond motifs is 1. The van der Waals surface area contributed by atoms with Crippen molar-refractivity contribution in [2.45, 2.75) is 57.7 Å². The minimum Gasteiger partial charge on any atom is -0.419 e. The number of rotatable bonds is 3. The third kappa shape index (κ3) is 3.83. The predicted molar refractivity (Wildman–Crippen MR) is 103 cm³/mol. The van der Waals surface area contributed by atoms with Crippen LogP contribution in [0.1, 0.15) is 56.9 Å². The van der Waals surface area contributed by atoms with Gasteiger partial charge in [-0.1, -0.05) is 19.3 Å². The quantitative estimate of drug-likeness (QED) is 0.476. The maximum atomic E-state index is 12.0. The van der Waals surface area contributed by atoms with Gasteiger partial charge in [0.25, 0.3) is 5.79 Å². The zero-order valence-electron chi connectivity index (χ0n) is 15.4. The Balaban J connectivity index is 1.52. The molecule has 2 aromatic rings. The SMILES string of the molecule is CC1(C)OC(=O)C(=CNc2ccc3nc(C4CCCCC4)sc3c2)C(=O)O1. The Bertz CT molecular complexity index is 903. The smallest absolute Gasteiger partial charge is 0.350 e. The monoisotopic (exact) mass is 386 g/mol. The molecular weight excluding hydrogens is 364 g/mol. The fourth-order valence-electron chi connectivity index (χ4n) is 3.49. The molecule has 2 fully saturated rings. The van der Waals surface area contributed by atoms with Gasteiger partial charge in [0.15, 0.2) is 5.57 Å². The maximum Gasteiger partial charge on any atom is 0.350 e. The van der Waals surface area contributed by atoms with Gasteiger partial charge in [-0.2, -0.15) is 0 Å². The fraction of sp³-hybridized carbons (Fsp3) is 0.450. The number of cyclic esters (lactones) is 2. The van der Waals surface area contributed by atoms with E-state index in [1.54, 1.807) is 11.3 Å². The van der Waals surface area contributed by atoms with Gasteiger partial charge >= 0.3 is 11.9 Å². The first-order valence-electron chi connectivity index (χ1n) is 9.25. The molecule has 7 heteroatoms. The van der Waals surface area contributed by atoms with E-state index < -0.39 is 17.7 Å². The number of aromatic nitrogens is 1. The molecule has 0 spiro atoms. The molecule has 0 atom stereocenters. The molecule has 1 saturated carbocycles. The van der Waals surface area contributed by atoms with E-state index in [9.17, 15) is 9.59 Å². The van der Waals surface area contributed by atoms with Crippen LogP contribution in [0.5, 0.6) is 0 Å². The maximum absolute atomic E-state index is 12.0. The molecule has 1 N–H and O–H groups in total. The van der Waals surface area contributed by atoms with Gasteiger partial charge in [0, 0.05) is 31.7 Å². The first-order valence-corrected chi connectivity index (χ1v) is 10.1. The number of hydrogen-bond donors (Lipinski definition) is 1. The number of carbonyl (C=O) groups excluding carboxylic acids is 2. The lowest BCUT2D eigenvalue weighted by atomic mass is 9.90. The van der Waals surface area contributed by atoms with Gasteiger partial charge in [-0.25, -0.2) is 14.6 Å². The standard InChI is InChI=1S/C20H22N2O4S/c1-20(2)25-18(23)14(19(24)26-20)11-21-13-8-9-15-16(10-13)27-17(22-15)12-6-4-3-5-7-12/h8-12,21H,3-7H2,1-2H3. The van der Waals surface area contributed by atoms with Crippen molar-refractivity contribution in [2.75, 3.05) is 5.32 Å². The lowest BCUT2D eigenvalue weighted by molar-refractivity contribution is -0.222. The number of ether oxygens (including phenoxy) is 2. The van der Waals surface area contributed by atoms with Crippen molar-refractivity contribution in [1.29, 1.82) is 0 Å². The molecule has 0 radical (unpaired) electrons. The van der Waals surface area contributed by atoms with Crippen LogP contribution in [0.4, 0.5) is 5.69 Å². The Morgan fingerprint density at radius 1 is 1.15 bits per heavy atom. The van der Waals surface area contributed by atoms with E-state index >= 15 is 0 Å². The van der Waals surface area contributed by atoms with Crippen molar-refractivity contribution in [3.63, 3.8) is 0 Å². The second kappa shape index (κ2) is 6.96. The minimum absolute atomic E-state index is 0.151. The molecule has 1 aromatic carbocycles. The van der Waals surface area contributed by atoms with Crippen LogP contribution in [0.15, 0.2) is 30.0 Å². The molecule has 142 valence electrons. The highest BCUT2D eigenvalue weighted by molar-refractivity contribution is 7.18. The topological polar surface area (TPSA) is 77.5 Å². The molecule has 1 saturated heterocycles. The molecular formula is C20H22N2O4S. The Morgan fingerprint density at radius 3 is 2.56 bits per heavy atom. The average molecular weight is 386 g/mol. The molecule has 1 aliphatic carbocycles. The van der Waals surface area contributed by atoms with Gasteiger partial charge in [0.2, 0.25) is 0 Å². The number of nitrogens with one attached hydrogen (secondary N) is 1. The summed E-state index contributed by atoms with van der Waals surface area (Å²) in [7, 11) is 0. The third-order valence-electron chi connectivity index (χ3n) is 4.86. The lowest BCUT2D eigenvalue weighted by Crippen LogP contribution is -2.42. The van der Waals surface area contributed by atoms with Crippen molar-refractivity contribution in [1.82, 2.24) is 4.98 Å². The van der Waals surface area contributed by atoms with Gasteiger partial charge in [-0.15, -0.1) is 11.3 Å². The summed E-state index contributed by atoms with van der Waals surface area (Å²) >= 11 is 1.73. The van der Waals surface area contributed by atoms with Crippen LogP contribution in [0, 0.1) is 0 Å². The number of anilines is 1. The van der Waals surface area contributed by atoms with Gasteiger partial charge in [0.05, 0.1) is 15.2 Å². The van der Waals surface area contributed by atoms with E-state index in [0.29, 0.717) is 5.92 Å². The Kier molecular flexibility index (Phi) is 4.63. The molecule has 0 unspecified atom stereocenters. The Hall–Kier alpha value is -2.41. The van der Waals surface area contributed by atoms with Crippen molar-refractivity contribution in [3.8, 4) is 0 Å². The van der Waals surface area contributed by atoms with Gasteiger partial charge in [-0.05, 0) is 31.0 Å². The first kappa shape index (κ1) is 18.0. The van der Waals surface area contributed by atoms with Crippen LogP contribution in [-0.2, 0) is 19.1 Å². The van der Waals surface area contributed by atoms with Crippen LogP contribution in [0.25, 0.3) is 10.2 Å². The van der Waals surface area contributed by atoms with E-state index in [2.05, 4.69) is 5.32 Å². The van der Waals surface area contributed by atoms with Crippen LogP contribution >= 0.6 is 11.3 Å². The summed E-state index contributed by atoms with van der Waals surface area (Å²) in [6, 6.07) is 5.83. The minimum atomic E-state index is -1.23. The molecule has 2 aliphatic rings. The highest BCUT2D eigenvalue weighted by Crippen LogP contribution is 2.37. The van der Waals surface area contributed by atoms with E-state index in [4.69, 9.17) is 14.5 Å². The summed E-state index contributed by atoms with van der Waals surface area (Å²) < 4.78 is 11.3. The fourth-order valence-corrected chi connectivity index (χ4v) is 4.67. The third-order valence-corrected chi connectivity index (χ3v) is 6.04. The summed E-state index contributed by atoms with van der Waals surface area (Å²) in [6.45, 7) is 3.04. The summed E-state index contributed by atoms with van der Waals surface area (Å²) in [5, 5.41) is 4.21. The number of thiazole rings is 1. The number of esters is 2. The average Bonchev–Trinajstić information content (AvgIpc) is 3.04. The highest BCUT2D eigenvalue weighted by atomic mass is 32.1. The molecule has 4 rings (SSSR count). The molecule has 0 bridgehead atoms. The van der Waals surface area contributed by atoms with E-state index in [1.165, 1.54) is 57.2 Å². The molecule has 0 amide bonds. The largest absolute Gasteiger partial charge is 0.419 e. The molecule has 27 heavy (non-hydrogen) atoms. The second-order valence-electron chi connectivity index (χ2n) is 7.45. The number of nitrogens with zero attached hydrogens (tertiary/aromatic N) is 1. The number of carbonyl (C=O) groups is 2. The molecule has 1 aromatic heterocycles. The number of hydrogen-bond acceptors (Lipinski definition) is 7. The summed E-state index contributed by atoms with van der Waals surface area (Å²) in [6.07, 6.45) is 7.67. The van der Waals surface area contributed by atoms with Crippen molar-refractivity contribution >= 4 is 39.2 Å². The van der Waals surface area contributed by atoms with E-state index in [1.807, 2.05) is 18.2 Å². The van der Waals surface area contributed by atoms with Crippen molar-refractivity contribution < 1.29 is 19.1 Å². The Labute approximate surface area is 161 Å². The normalized spacial score (nSPS) is 20.3. The molecule has 6 nitrogen and oxygen atoms in total. The van der Waals surface area contributed by atoms with Crippen LogP contribution < -0.4 is 5.32 Å². The van der Waals surface area contributed by atoms with Gasteiger partial charge in [0.1, 0.15) is 0 Å². The van der Waals surface area contributed by atoms with E-state index in [0.717, 1.165) is 15.9 Å². The summed E-state index contributed by atoms with van der Waals surface area (Å²) in [5.74, 6) is -2.04. The van der Waals surface area contributed by atoms with E-state index in [-0.39, 0.29) is 5.57 Å². The molecule has 2 heterocycles. The van der Waals surface area contributed by atoms with Gasteiger partial charge < -0.3 is 14.8 Å². The summed E-state index contributed by atoms with van der Waals surface area (Å²) in [5.41, 5.74) is 1.61. The van der Waals surface area contributed by atoms with Crippen molar-refractivity contribution in [2.24, 2.45) is 0 Å². The Morgan fingerprint density at radius 2 is 1.85 bits per heavy atom. The predicted octanol–water partition coefficient (Wildman–Crippen LogP) is 4.48. The first-order chi connectivity index (χ1) is 12.9. The highest BCUT2D eigenvalue weighted by Gasteiger charge is 2.38. The zero-order chi connectivity index (χ0) is 19.0. The van der Waals surface area contributed by atoms with Crippen LogP contribution in [0.2, 0.25) is 0 Å².